The summed E-state index contributed by atoms with van der Waals surface area (Å²) in [5.41, 5.74) is 0. The number of carboxylic acid groups (broad SMARTS) is 2. The molecule has 1 aromatic heterocycles. The van der Waals surface area contributed by atoms with E-state index in [0.717, 1.165) is 4.88 Å². The zero-order chi connectivity index (χ0) is 16.0. The van der Waals surface area contributed by atoms with Crippen LogP contribution in [0.15, 0.2) is 12.1 Å². The molecule has 3 N–H and O–H groups in total. The summed E-state index contributed by atoms with van der Waals surface area (Å²) in [6.07, 6.45) is -0.503. The minimum absolute atomic E-state index is 0.172. The molecule has 116 valence electrons. The minimum Gasteiger partial charge on any atom is -0.481 e. The van der Waals surface area contributed by atoms with Gasteiger partial charge in [0.25, 0.3) is 0 Å². The Balaban J connectivity index is 2.55. The number of carboxylic acids is 2. The fraction of sp³-hybridized carbons (Fsp3) is 0.417. The molecule has 0 saturated carbocycles. The maximum atomic E-state index is 11.9. The number of aliphatic carboxylic acids is 2. The molecular weight excluding hydrogens is 320 g/mol. The van der Waals surface area contributed by atoms with Crippen LogP contribution < -0.4 is 5.32 Å². The average molecular weight is 335 g/mol. The van der Waals surface area contributed by atoms with Gasteiger partial charge in [-0.15, -0.1) is 11.3 Å². The second kappa shape index (κ2) is 7.84. The van der Waals surface area contributed by atoms with E-state index >= 15 is 0 Å². The monoisotopic (exact) mass is 334 g/mol. The summed E-state index contributed by atoms with van der Waals surface area (Å²) in [6, 6.07) is 1.66. The molecule has 9 heteroatoms. The van der Waals surface area contributed by atoms with E-state index in [4.69, 9.17) is 21.8 Å². The van der Waals surface area contributed by atoms with Gasteiger partial charge in [0, 0.05) is 18.3 Å². The van der Waals surface area contributed by atoms with Crippen LogP contribution in [0.5, 0.6) is 0 Å². The van der Waals surface area contributed by atoms with Crippen LogP contribution in [0, 0.1) is 0 Å². The lowest BCUT2D eigenvalue weighted by atomic mass is 10.1. The Hall–Kier alpha value is -1.80. The lowest BCUT2D eigenvalue weighted by Crippen LogP contribution is -2.46. The molecule has 1 atom stereocenters. The summed E-state index contributed by atoms with van der Waals surface area (Å²) in [7, 11) is 1.51. The van der Waals surface area contributed by atoms with Gasteiger partial charge in [0.2, 0.25) is 0 Å². The Morgan fingerprint density at radius 2 is 2.05 bits per heavy atom. The molecule has 0 bridgehead atoms. The smallest absolute Gasteiger partial charge is 0.326 e. The Labute approximate surface area is 130 Å². The fourth-order valence-electron chi connectivity index (χ4n) is 1.53. The van der Waals surface area contributed by atoms with E-state index in [-0.39, 0.29) is 19.4 Å². The number of nitrogens with one attached hydrogen (secondary N) is 1. The molecule has 0 aliphatic heterocycles. The number of carbonyl (C=O) groups excluding carboxylic acids is 1. The number of halogens is 1. The molecule has 0 aliphatic carbocycles. The number of nitrogens with zero attached hydrogens (tertiary/aromatic N) is 1. The Morgan fingerprint density at radius 3 is 2.52 bits per heavy atom. The van der Waals surface area contributed by atoms with Crippen LogP contribution in [0.4, 0.5) is 4.79 Å². The number of thiophene rings is 1. The SMILES string of the molecule is CN(Cc1ccc(Cl)s1)C(=O)NC(CCC(=O)O)C(=O)O. The van der Waals surface area contributed by atoms with Crippen LogP contribution >= 0.6 is 22.9 Å². The molecule has 7 nitrogen and oxygen atoms in total. The predicted molar refractivity (Wildman–Crippen MR) is 77.6 cm³/mol. The Bertz CT molecular complexity index is 533. The fourth-order valence-corrected chi connectivity index (χ4v) is 2.67. The van der Waals surface area contributed by atoms with Gasteiger partial charge in [-0.25, -0.2) is 9.59 Å². The van der Waals surface area contributed by atoms with Crippen molar-refractivity contribution in [1.82, 2.24) is 10.2 Å². The van der Waals surface area contributed by atoms with E-state index in [9.17, 15) is 14.4 Å². The van der Waals surface area contributed by atoms with Crippen molar-refractivity contribution in [1.29, 1.82) is 0 Å². The van der Waals surface area contributed by atoms with E-state index in [1.807, 2.05) is 0 Å². The summed E-state index contributed by atoms with van der Waals surface area (Å²) in [5, 5.41) is 19.8. The second-order valence-electron chi connectivity index (χ2n) is 4.33. The van der Waals surface area contributed by atoms with Crippen LogP contribution in [0.25, 0.3) is 0 Å². The van der Waals surface area contributed by atoms with E-state index < -0.39 is 24.0 Å². The van der Waals surface area contributed by atoms with Crippen molar-refractivity contribution in [3.05, 3.63) is 21.3 Å². The van der Waals surface area contributed by atoms with Gasteiger partial charge < -0.3 is 20.4 Å². The van der Waals surface area contributed by atoms with Crippen LogP contribution in [0.2, 0.25) is 4.34 Å². The number of amides is 2. The first kappa shape index (κ1) is 17.3. The third-order valence-electron chi connectivity index (χ3n) is 2.61. The predicted octanol–water partition coefficient (Wildman–Crippen LogP) is 1.86. The zero-order valence-corrected chi connectivity index (χ0v) is 12.8. The maximum Gasteiger partial charge on any atom is 0.326 e. The van der Waals surface area contributed by atoms with Crippen LogP contribution in [-0.2, 0) is 16.1 Å². The summed E-state index contributed by atoms with van der Waals surface area (Å²) < 4.78 is 0.601. The number of urea groups is 1. The highest BCUT2D eigenvalue weighted by atomic mass is 35.5. The van der Waals surface area contributed by atoms with Crippen molar-refractivity contribution in [3.63, 3.8) is 0 Å². The highest BCUT2D eigenvalue weighted by Gasteiger charge is 2.22. The van der Waals surface area contributed by atoms with Gasteiger partial charge in [0.05, 0.1) is 10.9 Å². The molecule has 0 fully saturated rings. The lowest BCUT2D eigenvalue weighted by molar-refractivity contribution is -0.140. The van der Waals surface area contributed by atoms with Gasteiger partial charge >= 0.3 is 18.0 Å². The van der Waals surface area contributed by atoms with Gasteiger partial charge in [-0.3, -0.25) is 4.79 Å². The largest absolute Gasteiger partial charge is 0.481 e. The van der Waals surface area contributed by atoms with Gasteiger partial charge in [-0.05, 0) is 18.6 Å². The van der Waals surface area contributed by atoms with E-state index in [2.05, 4.69) is 5.32 Å². The van der Waals surface area contributed by atoms with Crippen molar-refractivity contribution in [2.75, 3.05) is 7.05 Å². The molecule has 21 heavy (non-hydrogen) atoms. The topological polar surface area (TPSA) is 107 Å². The third kappa shape index (κ3) is 6.01. The molecule has 0 saturated heterocycles. The highest BCUT2D eigenvalue weighted by Crippen LogP contribution is 2.22. The summed E-state index contributed by atoms with van der Waals surface area (Å²) in [4.78, 5) is 35.5. The number of rotatable bonds is 7. The molecule has 0 aliphatic rings. The molecule has 0 radical (unpaired) electrons. The van der Waals surface area contributed by atoms with Crippen molar-refractivity contribution >= 4 is 40.9 Å². The number of carbonyl (C=O) groups is 3. The maximum absolute atomic E-state index is 11.9. The molecular formula is C12H15ClN2O5S. The first-order valence-electron chi connectivity index (χ1n) is 6.00. The molecule has 1 heterocycles. The Kier molecular flexibility index (Phi) is 6.44. The van der Waals surface area contributed by atoms with E-state index in [1.165, 1.54) is 23.3 Å². The quantitative estimate of drug-likeness (QED) is 0.705. The number of hydrogen-bond acceptors (Lipinski definition) is 4. The second-order valence-corrected chi connectivity index (χ2v) is 6.13. The van der Waals surface area contributed by atoms with Crippen LogP contribution in [0.3, 0.4) is 0 Å². The van der Waals surface area contributed by atoms with Crippen LogP contribution in [0.1, 0.15) is 17.7 Å². The van der Waals surface area contributed by atoms with Gasteiger partial charge in [0.15, 0.2) is 0 Å². The van der Waals surface area contributed by atoms with Gasteiger partial charge in [-0.2, -0.15) is 0 Å². The number of hydrogen-bond donors (Lipinski definition) is 3. The highest BCUT2D eigenvalue weighted by molar-refractivity contribution is 7.16. The summed E-state index contributed by atoms with van der Waals surface area (Å²) in [5.74, 6) is -2.38. The van der Waals surface area contributed by atoms with Gasteiger partial charge in [0.1, 0.15) is 6.04 Å². The van der Waals surface area contributed by atoms with Gasteiger partial charge in [-0.1, -0.05) is 11.6 Å². The molecule has 2 amide bonds. The molecule has 0 spiro atoms. The zero-order valence-electron chi connectivity index (χ0n) is 11.2. The molecule has 1 aromatic rings. The first-order chi connectivity index (χ1) is 9.79. The third-order valence-corrected chi connectivity index (χ3v) is 3.83. The lowest BCUT2D eigenvalue weighted by Gasteiger charge is -2.20. The standard InChI is InChI=1S/C12H15ClN2O5S/c1-15(6-7-2-4-9(13)21-7)12(20)14-8(11(18)19)3-5-10(16)17/h2,4,8H,3,5-6H2,1H3,(H,14,20)(H,16,17)(H,18,19). The minimum atomic E-state index is -1.27. The van der Waals surface area contributed by atoms with Crippen molar-refractivity contribution in [2.24, 2.45) is 0 Å². The molecule has 0 aromatic carbocycles. The first-order valence-corrected chi connectivity index (χ1v) is 7.19. The van der Waals surface area contributed by atoms with Crippen molar-refractivity contribution in [2.45, 2.75) is 25.4 Å². The average Bonchev–Trinajstić information content (AvgIpc) is 2.78. The van der Waals surface area contributed by atoms with Crippen molar-refractivity contribution < 1.29 is 24.6 Å². The summed E-state index contributed by atoms with van der Waals surface area (Å²) in [6.45, 7) is 0.286. The van der Waals surface area contributed by atoms with E-state index in [1.54, 1.807) is 12.1 Å². The van der Waals surface area contributed by atoms with Crippen LogP contribution in [-0.4, -0.2) is 46.2 Å². The van der Waals surface area contributed by atoms with Crippen molar-refractivity contribution in [3.8, 4) is 0 Å². The normalized spacial score (nSPS) is 11.7. The summed E-state index contributed by atoms with van der Waals surface area (Å²) >= 11 is 7.11. The van der Waals surface area contributed by atoms with E-state index in [0.29, 0.717) is 4.34 Å². The molecule has 1 rings (SSSR count). The Morgan fingerprint density at radius 1 is 1.38 bits per heavy atom. The molecule has 1 unspecified atom stereocenters.